The lowest BCUT2D eigenvalue weighted by Gasteiger charge is -2.13. The molecule has 0 fully saturated rings. The zero-order chi connectivity index (χ0) is 26.5. The minimum absolute atomic E-state index is 0.156. The first-order valence-electron chi connectivity index (χ1n) is 10.9. The van der Waals surface area contributed by atoms with Gasteiger partial charge in [-0.15, -0.1) is 0 Å². The molecule has 0 bridgehead atoms. The third-order valence-electron chi connectivity index (χ3n) is 5.37. The summed E-state index contributed by atoms with van der Waals surface area (Å²) in [5.74, 6) is -1.59. The van der Waals surface area contributed by atoms with E-state index < -0.39 is 35.8 Å². The lowest BCUT2D eigenvalue weighted by atomic mass is 10.1. The van der Waals surface area contributed by atoms with E-state index in [0.717, 1.165) is 29.7 Å². The number of imide groups is 1. The molecule has 0 aliphatic carbocycles. The van der Waals surface area contributed by atoms with Crippen molar-refractivity contribution in [1.29, 1.82) is 0 Å². The van der Waals surface area contributed by atoms with Crippen LogP contribution in [0.4, 0.5) is 23.7 Å². The fourth-order valence-corrected chi connectivity index (χ4v) is 3.63. The maximum absolute atomic E-state index is 14.7. The number of benzene rings is 4. The fraction of sp³-hybridized carbons (Fsp3) is 0.111. The molecule has 4 rings (SSSR count). The normalized spacial score (nSPS) is 10.6. The van der Waals surface area contributed by atoms with Crippen molar-refractivity contribution in [3.63, 3.8) is 0 Å². The Morgan fingerprint density at radius 2 is 1.57 bits per heavy atom. The quantitative estimate of drug-likeness (QED) is 0.321. The molecule has 0 heterocycles. The van der Waals surface area contributed by atoms with Crippen molar-refractivity contribution < 1.29 is 37.0 Å². The van der Waals surface area contributed by atoms with E-state index in [9.17, 15) is 22.8 Å². The molecule has 10 heteroatoms. The Labute approximate surface area is 209 Å². The number of carbonyl (C=O) groups is 2. The number of amides is 3. The van der Waals surface area contributed by atoms with Crippen molar-refractivity contribution >= 4 is 28.4 Å². The second-order valence-electron chi connectivity index (χ2n) is 7.84. The van der Waals surface area contributed by atoms with Crippen LogP contribution >= 0.6 is 0 Å². The van der Waals surface area contributed by atoms with Gasteiger partial charge in [-0.2, -0.15) is 0 Å². The predicted molar refractivity (Wildman–Crippen MR) is 131 cm³/mol. The molecule has 2 N–H and O–H groups in total. The first-order valence-corrected chi connectivity index (χ1v) is 10.9. The number of fused-ring (bicyclic) bond motifs is 1. The van der Waals surface area contributed by atoms with Gasteiger partial charge >= 0.3 is 6.03 Å². The number of rotatable bonds is 7. The summed E-state index contributed by atoms with van der Waals surface area (Å²) in [4.78, 5) is 24.1. The first-order chi connectivity index (χ1) is 17.8. The van der Waals surface area contributed by atoms with Gasteiger partial charge in [-0.25, -0.2) is 18.0 Å². The van der Waals surface area contributed by atoms with Crippen molar-refractivity contribution in [2.24, 2.45) is 0 Å². The number of hydrogen-bond donors (Lipinski definition) is 2. The van der Waals surface area contributed by atoms with Crippen LogP contribution < -0.4 is 24.8 Å². The summed E-state index contributed by atoms with van der Waals surface area (Å²) in [6.07, 6.45) is -0.575. The number of nitrogens with one attached hydrogen (secondary N) is 2. The molecule has 190 valence electrons. The summed E-state index contributed by atoms with van der Waals surface area (Å²) < 4.78 is 58.2. The largest absolute Gasteiger partial charge is 0.493 e. The topological polar surface area (TPSA) is 85.9 Å². The Morgan fingerprint density at radius 1 is 0.811 bits per heavy atom. The second-order valence-corrected chi connectivity index (χ2v) is 7.84. The van der Waals surface area contributed by atoms with Crippen LogP contribution in [0.1, 0.15) is 5.56 Å². The van der Waals surface area contributed by atoms with Crippen LogP contribution in [0.5, 0.6) is 23.0 Å². The summed E-state index contributed by atoms with van der Waals surface area (Å²) in [5.41, 5.74) is -0.443. The van der Waals surface area contributed by atoms with E-state index in [-0.39, 0.29) is 17.0 Å². The van der Waals surface area contributed by atoms with Crippen LogP contribution in [0.25, 0.3) is 10.8 Å². The number of urea groups is 1. The van der Waals surface area contributed by atoms with Gasteiger partial charge in [0.25, 0.3) is 0 Å². The summed E-state index contributed by atoms with van der Waals surface area (Å²) in [6.45, 7) is 0. The monoisotopic (exact) mass is 510 g/mol. The maximum atomic E-state index is 14.7. The Hall–Kier alpha value is -4.73. The third-order valence-corrected chi connectivity index (χ3v) is 5.37. The van der Waals surface area contributed by atoms with Gasteiger partial charge in [-0.05, 0) is 53.9 Å². The molecule has 0 aliphatic heterocycles. The molecule has 37 heavy (non-hydrogen) atoms. The van der Waals surface area contributed by atoms with Crippen LogP contribution in [0, 0.1) is 17.5 Å². The average Bonchev–Trinajstić information content (AvgIpc) is 2.87. The Balaban J connectivity index is 1.44. The molecule has 0 radical (unpaired) electrons. The number of carbonyl (C=O) groups excluding carboxylic acids is 2. The van der Waals surface area contributed by atoms with Gasteiger partial charge in [-0.1, -0.05) is 12.1 Å². The van der Waals surface area contributed by atoms with Gasteiger partial charge in [0.1, 0.15) is 29.0 Å². The van der Waals surface area contributed by atoms with Crippen LogP contribution in [-0.4, -0.2) is 26.2 Å². The van der Waals surface area contributed by atoms with E-state index in [2.05, 4.69) is 5.32 Å². The highest BCUT2D eigenvalue weighted by Gasteiger charge is 2.15. The highest BCUT2D eigenvalue weighted by molar-refractivity contribution is 6.01. The van der Waals surface area contributed by atoms with E-state index in [0.29, 0.717) is 22.6 Å². The van der Waals surface area contributed by atoms with Gasteiger partial charge in [0, 0.05) is 17.0 Å². The molecule has 0 aromatic heterocycles. The molecule has 3 amide bonds. The van der Waals surface area contributed by atoms with Crippen LogP contribution in [0.15, 0.2) is 66.7 Å². The van der Waals surface area contributed by atoms with Gasteiger partial charge in [-0.3, -0.25) is 10.1 Å². The predicted octanol–water partition coefficient (Wildman–Crippen LogP) is 5.96. The third kappa shape index (κ3) is 5.92. The number of anilines is 1. The molecular formula is C27H21F3N2O5. The van der Waals surface area contributed by atoms with Gasteiger partial charge < -0.3 is 19.5 Å². The number of hydrogen-bond acceptors (Lipinski definition) is 5. The van der Waals surface area contributed by atoms with Gasteiger partial charge in [0.15, 0.2) is 11.5 Å². The molecule has 0 unspecified atom stereocenters. The second kappa shape index (κ2) is 10.9. The van der Waals surface area contributed by atoms with Crippen LogP contribution in [0.3, 0.4) is 0 Å². The first kappa shape index (κ1) is 25.4. The molecule has 0 saturated heterocycles. The highest BCUT2D eigenvalue weighted by Crippen LogP contribution is 2.38. The molecule has 0 spiro atoms. The van der Waals surface area contributed by atoms with E-state index in [1.807, 2.05) is 11.4 Å². The molecule has 0 atom stereocenters. The van der Waals surface area contributed by atoms with Gasteiger partial charge in [0.2, 0.25) is 5.91 Å². The lowest BCUT2D eigenvalue weighted by molar-refractivity contribution is -0.119. The summed E-state index contributed by atoms with van der Waals surface area (Å²) in [7, 11) is 3.04. The molecule has 4 aromatic rings. The smallest absolute Gasteiger partial charge is 0.325 e. The highest BCUT2D eigenvalue weighted by atomic mass is 19.1. The van der Waals surface area contributed by atoms with Crippen molar-refractivity contribution in [2.75, 3.05) is 19.5 Å². The SMILES string of the molecule is COc1cc2cccc(Oc3ccc(NC(=O)NC(=O)Cc4cc(F)ccc4F)c(F)c3)c2cc1OC. The standard InChI is InChI=1S/C27H21F3N2O5/c1-35-24-11-15-4-3-5-23(19(15)14-25(24)36-2)37-18-7-9-22(21(30)13-18)31-27(34)32-26(33)12-16-10-17(28)6-8-20(16)29/h3-11,13-14H,12H2,1-2H3,(H2,31,32,33,34). The summed E-state index contributed by atoms with van der Waals surface area (Å²) >= 11 is 0. The maximum Gasteiger partial charge on any atom is 0.325 e. The lowest BCUT2D eigenvalue weighted by Crippen LogP contribution is -2.35. The minimum atomic E-state index is -1.04. The van der Waals surface area contributed by atoms with Crippen molar-refractivity contribution in [3.05, 3.63) is 89.7 Å². The minimum Gasteiger partial charge on any atom is -0.493 e. The zero-order valence-electron chi connectivity index (χ0n) is 19.7. The fourth-order valence-electron chi connectivity index (χ4n) is 3.63. The average molecular weight is 510 g/mol. The van der Waals surface area contributed by atoms with Crippen molar-refractivity contribution in [1.82, 2.24) is 5.32 Å². The van der Waals surface area contributed by atoms with E-state index in [1.165, 1.54) is 26.4 Å². The Kier molecular flexibility index (Phi) is 7.47. The molecule has 0 aliphatic rings. The number of ether oxygens (including phenoxy) is 3. The zero-order valence-corrected chi connectivity index (χ0v) is 19.7. The molecular weight excluding hydrogens is 489 g/mol. The summed E-state index contributed by atoms with van der Waals surface area (Å²) in [5, 5.41) is 5.67. The van der Waals surface area contributed by atoms with Crippen molar-refractivity contribution in [2.45, 2.75) is 6.42 Å². The number of methoxy groups -OCH3 is 2. The molecule has 0 saturated carbocycles. The Morgan fingerprint density at radius 3 is 2.30 bits per heavy atom. The van der Waals surface area contributed by atoms with E-state index >= 15 is 0 Å². The van der Waals surface area contributed by atoms with Crippen LogP contribution in [-0.2, 0) is 11.2 Å². The molecule has 7 nitrogen and oxygen atoms in total. The molecule has 4 aromatic carbocycles. The van der Waals surface area contributed by atoms with Crippen LogP contribution in [0.2, 0.25) is 0 Å². The van der Waals surface area contributed by atoms with E-state index in [4.69, 9.17) is 14.2 Å². The van der Waals surface area contributed by atoms with E-state index in [1.54, 1.807) is 24.3 Å². The summed E-state index contributed by atoms with van der Waals surface area (Å²) in [6, 6.07) is 14.2. The number of halogens is 3. The van der Waals surface area contributed by atoms with Gasteiger partial charge in [0.05, 0.1) is 26.3 Å². The van der Waals surface area contributed by atoms with Crippen molar-refractivity contribution in [3.8, 4) is 23.0 Å². The Bertz CT molecular complexity index is 1490.